The summed E-state index contributed by atoms with van der Waals surface area (Å²) in [5.74, 6) is 0. The number of aromatic nitrogens is 2. The van der Waals surface area contributed by atoms with Crippen molar-refractivity contribution < 1.29 is 0 Å². The molecule has 1 aromatic heterocycles. The molecule has 0 bridgehead atoms. The van der Waals surface area contributed by atoms with Gasteiger partial charge in [0.25, 0.3) is 5.56 Å². The van der Waals surface area contributed by atoms with Crippen LogP contribution in [0.2, 0.25) is 0 Å². The zero-order valence-corrected chi connectivity index (χ0v) is 10.4. The van der Waals surface area contributed by atoms with Crippen molar-refractivity contribution >= 4 is 26.8 Å². The van der Waals surface area contributed by atoms with E-state index < -0.39 is 0 Å². The number of benzene rings is 1. The van der Waals surface area contributed by atoms with Gasteiger partial charge in [-0.15, -0.1) is 0 Å². The van der Waals surface area contributed by atoms with Crippen molar-refractivity contribution in [2.45, 2.75) is 19.5 Å². The molecule has 1 heterocycles. The number of fused-ring (bicyclic) bond motifs is 1. The molecular weight excluding hydrogens is 270 g/mol. The van der Waals surface area contributed by atoms with E-state index in [4.69, 9.17) is 5.73 Å². The molecule has 0 amide bonds. The van der Waals surface area contributed by atoms with Gasteiger partial charge in [0.05, 0.1) is 17.2 Å². The summed E-state index contributed by atoms with van der Waals surface area (Å²) in [6.07, 6.45) is 1.54. The number of nitrogens with zero attached hydrogens (tertiary/aromatic N) is 2. The Bertz CT molecular complexity index is 577. The number of hydrogen-bond donors (Lipinski definition) is 1. The van der Waals surface area contributed by atoms with E-state index in [1.807, 2.05) is 19.1 Å². The summed E-state index contributed by atoms with van der Waals surface area (Å²) in [6, 6.07) is 5.40. The van der Waals surface area contributed by atoms with E-state index in [0.29, 0.717) is 17.4 Å². The molecule has 1 aromatic carbocycles. The molecule has 84 valence electrons. The molecule has 2 rings (SSSR count). The zero-order valence-electron chi connectivity index (χ0n) is 8.85. The van der Waals surface area contributed by atoms with Crippen LogP contribution in [0.25, 0.3) is 10.9 Å². The van der Waals surface area contributed by atoms with E-state index >= 15 is 0 Å². The average Bonchev–Trinajstić information content (AvgIpc) is 2.22. The highest BCUT2D eigenvalue weighted by atomic mass is 79.9. The average molecular weight is 282 g/mol. The maximum atomic E-state index is 12.1. The molecule has 2 aromatic rings. The fourth-order valence-electron chi connectivity index (χ4n) is 1.57. The number of hydrogen-bond acceptors (Lipinski definition) is 3. The third kappa shape index (κ3) is 2.15. The zero-order chi connectivity index (χ0) is 11.7. The highest BCUT2D eigenvalue weighted by Gasteiger charge is 2.05. The molecule has 0 aliphatic carbocycles. The van der Waals surface area contributed by atoms with E-state index in [2.05, 4.69) is 20.9 Å². The van der Waals surface area contributed by atoms with Crippen molar-refractivity contribution in [2.24, 2.45) is 5.73 Å². The van der Waals surface area contributed by atoms with Crippen LogP contribution in [0.4, 0.5) is 0 Å². The van der Waals surface area contributed by atoms with Crippen molar-refractivity contribution in [1.29, 1.82) is 0 Å². The minimum absolute atomic E-state index is 0.0522. The smallest absolute Gasteiger partial charge is 0.261 e. The molecule has 0 fully saturated rings. The topological polar surface area (TPSA) is 60.9 Å². The van der Waals surface area contributed by atoms with Gasteiger partial charge in [-0.25, -0.2) is 4.98 Å². The minimum Gasteiger partial charge on any atom is -0.326 e. The van der Waals surface area contributed by atoms with E-state index in [9.17, 15) is 4.79 Å². The Balaban J connectivity index is 2.64. The standard InChI is InChI=1S/C11H12BrN3O/c1-7(13)5-15-6-14-10-3-2-8(12)4-9(10)11(15)16/h2-4,6-7H,5,13H2,1H3. The highest BCUT2D eigenvalue weighted by Crippen LogP contribution is 2.14. The predicted molar refractivity (Wildman–Crippen MR) is 67.4 cm³/mol. The van der Waals surface area contributed by atoms with Gasteiger partial charge in [0.1, 0.15) is 0 Å². The fraction of sp³-hybridized carbons (Fsp3) is 0.273. The van der Waals surface area contributed by atoms with Crippen LogP contribution in [-0.4, -0.2) is 15.6 Å². The fourth-order valence-corrected chi connectivity index (χ4v) is 1.93. The second kappa shape index (κ2) is 4.35. The lowest BCUT2D eigenvalue weighted by Crippen LogP contribution is -2.30. The lowest BCUT2D eigenvalue weighted by atomic mass is 10.2. The minimum atomic E-state index is -0.0656. The molecular formula is C11H12BrN3O. The lowest BCUT2D eigenvalue weighted by Gasteiger charge is -2.08. The molecule has 2 N–H and O–H groups in total. The molecule has 1 unspecified atom stereocenters. The first-order valence-electron chi connectivity index (χ1n) is 4.98. The summed E-state index contributed by atoms with van der Waals surface area (Å²) in [4.78, 5) is 16.3. The largest absolute Gasteiger partial charge is 0.326 e. The Kier molecular flexibility index (Phi) is 3.07. The van der Waals surface area contributed by atoms with Crippen LogP contribution in [0.5, 0.6) is 0 Å². The molecule has 4 nitrogen and oxygen atoms in total. The number of rotatable bonds is 2. The maximum absolute atomic E-state index is 12.1. The third-order valence-corrected chi connectivity index (χ3v) is 2.76. The molecule has 0 radical (unpaired) electrons. The molecule has 0 aliphatic rings. The molecule has 0 aliphatic heterocycles. The van der Waals surface area contributed by atoms with Crippen LogP contribution >= 0.6 is 15.9 Å². The highest BCUT2D eigenvalue weighted by molar-refractivity contribution is 9.10. The van der Waals surface area contributed by atoms with E-state index in [0.717, 1.165) is 4.47 Å². The number of nitrogens with two attached hydrogens (primary N) is 1. The molecule has 16 heavy (non-hydrogen) atoms. The summed E-state index contributed by atoms with van der Waals surface area (Å²) >= 11 is 3.34. The lowest BCUT2D eigenvalue weighted by molar-refractivity contribution is 0.570. The van der Waals surface area contributed by atoms with Crippen molar-refractivity contribution in [3.05, 3.63) is 39.4 Å². The first-order chi connectivity index (χ1) is 7.58. The van der Waals surface area contributed by atoms with Crippen LogP contribution in [-0.2, 0) is 6.54 Å². The van der Waals surface area contributed by atoms with Gasteiger partial charge in [-0.05, 0) is 25.1 Å². The van der Waals surface area contributed by atoms with Gasteiger partial charge in [0.2, 0.25) is 0 Å². The molecule has 5 heteroatoms. The molecule has 0 saturated carbocycles. The van der Waals surface area contributed by atoms with Gasteiger partial charge in [0, 0.05) is 17.1 Å². The Morgan fingerprint density at radius 3 is 3.00 bits per heavy atom. The van der Waals surface area contributed by atoms with Crippen molar-refractivity contribution in [2.75, 3.05) is 0 Å². The second-order valence-corrected chi connectivity index (χ2v) is 4.76. The summed E-state index contributed by atoms with van der Waals surface area (Å²) in [6.45, 7) is 2.34. The molecule has 0 saturated heterocycles. The van der Waals surface area contributed by atoms with Crippen LogP contribution < -0.4 is 11.3 Å². The van der Waals surface area contributed by atoms with Crippen LogP contribution in [0.15, 0.2) is 33.8 Å². The normalized spacial score (nSPS) is 12.9. The van der Waals surface area contributed by atoms with Gasteiger partial charge in [-0.3, -0.25) is 9.36 Å². The van der Waals surface area contributed by atoms with Crippen molar-refractivity contribution in [1.82, 2.24) is 9.55 Å². The van der Waals surface area contributed by atoms with Gasteiger partial charge in [-0.2, -0.15) is 0 Å². The predicted octanol–water partition coefficient (Wildman–Crippen LogP) is 1.51. The summed E-state index contributed by atoms with van der Waals surface area (Å²) in [7, 11) is 0. The Labute approximate surface area is 101 Å². The Morgan fingerprint density at radius 2 is 2.31 bits per heavy atom. The van der Waals surface area contributed by atoms with Crippen molar-refractivity contribution in [3.63, 3.8) is 0 Å². The van der Waals surface area contributed by atoms with Crippen LogP contribution in [0.3, 0.4) is 0 Å². The summed E-state index contributed by atoms with van der Waals surface area (Å²) < 4.78 is 2.41. The first kappa shape index (κ1) is 11.3. The molecule has 0 spiro atoms. The van der Waals surface area contributed by atoms with E-state index in [1.54, 1.807) is 17.0 Å². The second-order valence-electron chi connectivity index (χ2n) is 3.84. The van der Waals surface area contributed by atoms with Crippen LogP contribution in [0.1, 0.15) is 6.92 Å². The SMILES string of the molecule is CC(N)Cn1cnc2ccc(Br)cc2c1=O. The van der Waals surface area contributed by atoms with Gasteiger partial charge in [-0.1, -0.05) is 15.9 Å². The van der Waals surface area contributed by atoms with Gasteiger partial charge >= 0.3 is 0 Å². The van der Waals surface area contributed by atoms with E-state index in [1.165, 1.54) is 0 Å². The van der Waals surface area contributed by atoms with E-state index in [-0.39, 0.29) is 11.6 Å². The first-order valence-corrected chi connectivity index (χ1v) is 5.77. The molecule has 1 atom stereocenters. The number of halogens is 1. The monoisotopic (exact) mass is 281 g/mol. The van der Waals surface area contributed by atoms with Gasteiger partial charge < -0.3 is 5.73 Å². The quantitative estimate of drug-likeness (QED) is 0.908. The summed E-state index contributed by atoms with van der Waals surface area (Å²) in [5.41, 5.74) is 6.32. The third-order valence-electron chi connectivity index (χ3n) is 2.27. The van der Waals surface area contributed by atoms with Gasteiger partial charge in [0.15, 0.2) is 0 Å². The summed E-state index contributed by atoms with van der Waals surface area (Å²) in [5, 5.41) is 0.609. The Hall–Kier alpha value is -1.20. The van der Waals surface area contributed by atoms with Crippen LogP contribution in [0, 0.1) is 0 Å². The maximum Gasteiger partial charge on any atom is 0.261 e. The Morgan fingerprint density at radius 1 is 1.56 bits per heavy atom. The van der Waals surface area contributed by atoms with Crippen molar-refractivity contribution in [3.8, 4) is 0 Å².